The first-order valence-electron chi connectivity index (χ1n) is 6.73. The standard InChI is InChI=1S/C15H20N4O/c1-12(10-14-6-4-5-7-17-14)18(3)15(20)13(2)19-9-8-16-11-19/h4-9,11-13H,10H2,1-3H3. The lowest BCUT2D eigenvalue weighted by atomic mass is 10.1. The van der Waals surface area contributed by atoms with Crippen LogP contribution in [0.1, 0.15) is 25.6 Å². The maximum absolute atomic E-state index is 12.4. The van der Waals surface area contributed by atoms with Gasteiger partial charge in [0.05, 0.1) is 6.33 Å². The Hall–Kier alpha value is -2.17. The smallest absolute Gasteiger partial charge is 0.245 e. The molecule has 0 aromatic carbocycles. The van der Waals surface area contributed by atoms with Gasteiger partial charge < -0.3 is 9.47 Å². The molecule has 0 bridgehead atoms. The summed E-state index contributed by atoms with van der Waals surface area (Å²) in [4.78, 5) is 22.5. The number of hydrogen-bond acceptors (Lipinski definition) is 3. The second-order valence-electron chi connectivity index (χ2n) is 5.01. The molecule has 1 amide bonds. The van der Waals surface area contributed by atoms with E-state index in [-0.39, 0.29) is 18.0 Å². The Balaban J connectivity index is 1.99. The predicted octanol–water partition coefficient (Wildman–Crippen LogP) is 1.93. The molecule has 20 heavy (non-hydrogen) atoms. The van der Waals surface area contributed by atoms with Crippen LogP contribution in [0.3, 0.4) is 0 Å². The molecule has 106 valence electrons. The van der Waals surface area contributed by atoms with E-state index in [0.29, 0.717) is 0 Å². The number of amides is 1. The minimum Gasteiger partial charge on any atom is -0.341 e. The third-order valence-corrected chi connectivity index (χ3v) is 3.57. The minimum atomic E-state index is -0.242. The number of likely N-dealkylation sites (N-methyl/N-ethyl adjacent to an activating group) is 1. The van der Waals surface area contributed by atoms with Gasteiger partial charge in [0.15, 0.2) is 0 Å². The molecule has 5 heteroatoms. The monoisotopic (exact) mass is 272 g/mol. The summed E-state index contributed by atoms with van der Waals surface area (Å²) >= 11 is 0. The lowest BCUT2D eigenvalue weighted by molar-refractivity contribution is -0.134. The summed E-state index contributed by atoms with van der Waals surface area (Å²) in [6.07, 6.45) is 7.68. The molecule has 0 spiro atoms. The average molecular weight is 272 g/mol. The Bertz CT molecular complexity index is 538. The second kappa shape index (κ2) is 6.32. The lowest BCUT2D eigenvalue weighted by Gasteiger charge is -2.28. The Kier molecular flexibility index (Phi) is 4.50. The Morgan fingerprint density at radius 3 is 2.75 bits per heavy atom. The summed E-state index contributed by atoms with van der Waals surface area (Å²) < 4.78 is 1.81. The van der Waals surface area contributed by atoms with Gasteiger partial charge in [-0.2, -0.15) is 0 Å². The molecule has 5 nitrogen and oxygen atoms in total. The summed E-state index contributed by atoms with van der Waals surface area (Å²) in [5.74, 6) is 0.0754. The maximum Gasteiger partial charge on any atom is 0.245 e. The van der Waals surface area contributed by atoms with Gasteiger partial charge in [0.1, 0.15) is 6.04 Å². The van der Waals surface area contributed by atoms with Gasteiger partial charge in [0.25, 0.3) is 0 Å². The number of rotatable bonds is 5. The van der Waals surface area contributed by atoms with E-state index < -0.39 is 0 Å². The van der Waals surface area contributed by atoms with Crippen LogP contribution in [-0.4, -0.2) is 38.4 Å². The van der Waals surface area contributed by atoms with E-state index >= 15 is 0 Å². The van der Waals surface area contributed by atoms with Gasteiger partial charge in [-0.05, 0) is 26.0 Å². The third-order valence-electron chi connectivity index (χ3n) is 3.57. The van der Waals surface area contributed by atoms with E-state index in [1.54, 1.807) is 29.8 Å². The molecule has 2 unspecified atom stereocenters. The van der Waals surface area contributed by atoms with Crippen molar-refractivity contribution in [3.8, 4) is 0 Å². The fourth-order valence-electron chi connectivity index (χ4n) is 2.10. The molecule has 2 heterocycles. The van der Waals surface area contributed by atoms with Crippen molar-refractivity contribution < 1.29 is 4.79 Å². The molecule has 2 aromatic rings. The van der Waals surface area contributed by atoms with Crippen molar-refractivity contribution in [3.63, 3.8) is 0 Å². The normalized spacial score (nSPS) is 13.8. The van der Waals surface area contributed by atoms with Gasteiger partial charge in [-0.1, -0.05) is 6.07 Å². The quantitative estimate of drug-likeness (QED) is 0.835. The average Bonchev–Trinajstić information content (AvgIpc) is 3.00. The number of hydrogen-bond donors (Lipinski definition) is 0. The zero-order valence-electron chi connectivity index (χ0n) is 12.1. The number of imidazole rings is 1. The summed E-state index contributed by atoms with van der Waals surface area (Å²) in [5, 5.41) is 0. The SMILES string of the molecule is CC(Cc1ccccn1)N(C)C(=O)C(C)n1ccnc1. The number of carbonyl (C=O) groups excluding carboxylic acids is 1. The zero-order valence-corrected chi connectivity index (χ0v) is 12.1. The molecule has 2 aromatic heterocycles. The van der Waals surface area contributed by atoms with Crippen molar-refractivity contribution in [2.75, 3.05) is 7.05 Å². The molecule has 0 aliphatic carbocycles. The maximum atomic E-state index is 12.4. The molecule has 2 atom stereocenters. The van der Waals surface area contributed by atoms with Gasteiger partial charge >= 0.3 is 0 Å². The van der Waals surface area contributed by atoms with Crippen molar-refractivity contribution in [2.24, 2.45) is 0 Å². The van der Waals surface area contributed by atoms with Crippen molar-refractivity contribution >= 4 is 5.91 Å². The van der Waals surface area contributed by atoms with Crippen LogP contribution in [0.2, 0.25) is 0 Å². The first kappa shape index (κ1) is 14.2. The van der Waals surface area contributed by atoms with Crippen LogP contribution < -0.4 is 0 Å². The fourth-order valence-corrected chi connectivity index (χ4v) is 2.10. The van der Waals surface area contributed by atoms with Crippen molar-refractivity contribution in [1.29, 1.82) is 0 Å². The highest BCUT2D eigenvalue weighted by Gasteiger charge is 2.22. The molecule has 0 saturated heterocycles. The Labute approximate surface area is 119 Å². The highest BCUT2D eigenvalue weighted by Crippen LogP contribution is 2.12. The molecular weight excluding hydrogens is 252 g/mol. The van der Waals surface area contributed by atoms with Crippen LogP contribution in [-0.2, 0) is 11.2 Å². The van der Waals surface area contributed by atoms with Crippen molar-refractivity contribution in [3.05, 3.63) is 48.8 Å². The third kappa shape index (κ3) is 3.23. The van der Waals surface area contributed by atoms with Crippen molar-refractivity contribution in [2.45, 2.75) is 32.4 Å². The van der Waals surface area contributed by atoms with Crippen LogP contribution >= 0.6 is 0 Å². The summed E-state index contributed by atoms with van der Waals surface area (Å²) in [5.41, 5.74) is 0.995. The predicted molar refractivity (Wildman–Crippen MR) is 77.1 cm³/mol. The van der Waals surface area contributed by atoms with Crippen LogP contribution in [0.15, 0.2) is 43.1 Å². The Morgan fingerprint density at radius 1 is 1.35 bits per heavy atom. The molecule has 0 radical (unpaired) electrons. The Morgan fingerprint density at radius 2 is 2.15 bits per heavy atom. The first-order chi connectivity index (χ1) is 9.59. The fraction of sp³-hybridized carbons (Fsp3) is 0.400. The largest absolute Gasteiger partial charge is 0.341 e. The van der Waals surface area contributed by atoms with Crippen molar-refractivity contribution in [1.82, 2.24) is 19.4 Å². The number of pyridine rings is 1. The highest BCUT2D eigenvalue weighted by molar-refractivity contribution is 5.80. The lowest BCUT2D eigenvalue weighted by Crippen LogP contribution is -2.40. The number of aromatic nitrogens is 3. The molecule has 0 aliphatic heterocycles. The molecule has 2 rings (SSSR count). The number of carbonyl (C=O) groups is 1. The number of nitrogens with zero attached hydrogens (tertiary/aromatic N) is 4. The molecule has 0 saturated carbocycles. The highest BCUT2D eigenvalue weighted by atomic mass is 16.2. The van der Waals surface area contributed by atoms with Crippen LogP contribution in [0.5, 0.6) is 0 Å². The van der Waals surface area contributed by atoms with Crippen LogP contribution in [0, 0.1) is 0 Å². The van der Waals surface area contributed by atoms with E-state index in [0.717, 1.165) is 12.1 Å². The van der Waals surface area contributed by atoms with E-state index in [9.17, 15) is 4.79 Å². The van der Waals surface area contributed by atoms with Gasteiger partial charge in [-0.3, -0.25) is 9.78 Å². The first-order valence-corrected chi connectivity index (χ1v) is 6.73. The second-order valence-corrected chi connectivity index (χ2v) is 5.01. The topological polar surface area (TPSA) is 51.0 Å². The van der Waals surface area contributed by atoms with E-state index in [1.807, 2.05) is 43.7 Å². The van der Waals surface area contributed by atoms with Gasteiger partial charge in [-0.25, -0.2) is 4.98 Å². The van der Waals surface area contributed by atoms with E-state index in [1.165, 1.54) is 0 Å². The molecule has 0 fully saturated rings. The molecule has 0 N–H and O–H groups in total. The van der Waals surface area contributed by atoms with E-state index in [4.69, 9.17) is 0 Å². The summed E-state index contributed by atoms with van der Waals surface area (Å²) in [6, 6.07) is 5.69. The summed E-state index contributed by atoms with van der Waals surface area (Å²) in [7, 11) is 1.84. The van der Waals surface area contributed by atoms with Gasteiger partial charge in [0, 0.05) is 43.8 Å². The van der Waals surface area contributed by atoms with Crippen LogP contribution in [0.4, 0.5) is 0 Å². The minimum absolute atomic E-state index is 0.0754. The zero-order chi connectivity index (χ0) is 14.5. The van der Waals surface area contributed by atoms with Gasteiger partial charge in [0.2, 0.25) is 5.91 Å². The summed E-state index contributed by atoms with van der Waals surface area (Å²) in [6.45, 7) is 3.92. The van der Waals surface area contributed by atoms with Gasteiger partial charge in [-0.15, -0.1) is 0 Å². The van der Waals surface area contributed by atoms with Crippen LogP contribution in [0.25, 0.3) is 0 Å². The molecular formula is C15H20N4O. The molecule has 0 aliphatic rings. The van der Waals surface area contributed by atoms with E-state index in [2.05, 4.69) is 9.97 Å².